The van der Waals surface area contributed by atoms with Crippen LogP contribution in [-0.4, -0.2) is 36.2 Å². The fourth-order valence-corrected chi connectivity index (χ4v) is 2.68. The molecule has 134 valence electrons. The van der Waals surface area contributed by atoms with Crippen molar-refractivity contribution in [2.75, 3.05) is 13.7 Å². The van der Waals surface area contributed by atoms with Crippen molar-refractivity contribution in [1.82, 2.24) is 5.32 Å². The average Bonchev–Trinajstić information content (AvgIpc) is 2.62. The van der Waals surface area contributed by atoms with E-state index in [9.17, 15) is 15.0 Å². The second kappa shape index (κ2) is 9.20. The van der Waals surface area contributed by atoms with E-state index in [0.29, 0.717) is 17.7 Å². The SMILES string of the molecule is COc1ccc(CC(C)NCC(O)c2ccc(O)c(CC=O)c2)cc1. The summed E-state index contributed by atoms with van der Waals surface area (Å²) in [6, 6.07) is 13.0. The molecule has 2 rings (SSSR count). The molecule has 0 heterocycles. The number of aromatic hydroxyl groups is 1. The molecule has 0 amide bonds. The maximum atomic E-state index is 10.6. The molecule has 0 fully saturated rings. The Kier molecular flexibility index (Phi) is 6.98. The minimum atomic E-state index is -0.704. The summed E-state index contributed by atoms with van der Waals surface area (Å²) in [5.41, 5.74) is 2.39. The molecule has 5 heteroatoms. The van der Waals surface area contributed by atoms with E-state index < -0.39 is 6.10 Å². The summed E-state index contributed by atoms with van der Waals surface area (Å²) in [7, 11) is 1.64. The van der Waals surface area contributed by atoms with Crippen molar-refractivity contribution < 1.29 is 19.7 Å². The molecule has 2 aromatic carbocycles. The Bertz CT molecular complexity index is 685. The van der Waals surface area contributed by atoms with Crippen molar-refractivity contribution in [2.45, 2.75) is 31.9 Å². The van der Waals surface area contributed by atoms with Crippen LogP contribution in [0, 0.1) is 0 Å². The summed E-state index contributed by atoms with van der Waals surface area (Å²) >= 11 is 0. The molecule has 0 aliphatic carbocycles. The second-order valence-corrected chi connectivity index (χ2v) is 6.14. The van der Waals surface area contributed by atoms with Crippen LogP contribution in [0.5, 0.6) is 11.5 Å². The Hall–Kier alpha value is -2.37. The van der Waals surface area contributed by atoms with Crippen LogP contribution in [0.4, 0.5) is 0 Å². The van der Waals surface area contributed by atoms with E-state index in [2.05, 4.69) is 12.2 Å². The zero-order valence-corrected chi connectivity index (χ0v) is 14.6. The average molecular weight is 343 g/mol. The first kappa shape index (κ1) is 19.0. The monoisotopic (exact) mass is 343 g/mol. The van der Waals surface area contributed by atoms with Crippen molar-refractivity contribution >= 4 is 6.29 Å². The molecule has 0 bridgehead atoms. The number of nitrogens with one attached hydrogen (secondary N) is 1. The molecule has 0 saturated carbocycles. The van der Waals surface area contributed by atoms with Crippen molar-refractivity contribution in [3.8, 4) is 11.5 Å². The molecular formula is C20H25NO4. The summed E-state index contributed by atoms with van der Waals surface area (Å²) in [6.07, 6.45) is 1.00. The van der Waals surface area contributed by atoms with E-state index in [1.165, 1.54) is 11.6 Å². The fourth-order valence-electron chi connectivity index (χ4n) is 2.68. The van der Waals surface area contributed by atoms with Gasteiger partial charge in [-0.3, -0.25) is 0 Å². The number of aldehydes is 1. The van der Waals surface area contributed by atoms with Gasteiger partial charge in [-0.15, -0.1) is 0 Å². The lowest BCUT2D eigenvalue weighted by molar-refractivity contribution is -0.107. The largest absolute Gasteiger partial charge is 0.508 e. The lowest BCUT2D eigenvalue weighted by atomic mass is 10.0. The summed E-state index contributed by atoms with van der Waals surface area (Å²) in [5.74, 6) is 0.905. The second-order valence-electron chi connectivity index (χ2n) is 6.14. The van der Waals surface area contributed by atoms with Gasteiger partial charge in [-0.1, -0.05) is 18.2 Å². The van der Waals surface area contributed by atoms with Gasteiger partial charge < -0.3 is 25.1 Å². The Morgan fingerprint density at radius 1 is 1.20 bits per heavy atom. The number of benzene rings is 2. The number of carbonyl (C=O) groups is 1. The van der Waals surface area contributed by atoms with E-state index in [0.717, 1.165) is 18.5 Å². The van der Waals surface area contributed by atoms with E-state index >= 15 is 0 Å². The topological polar surface area (TPSA) is 78.8 Å². The zero-order chi connectivity index (χ0) is 18.2. The number of hydrogen-bond acceptors (Lipinski definition) is 5. The van der Waals surface area contributed by atoms with Crippen LogP contribution in [0.2, 0.25) is 0 Å². The maximum absolute atomic E-state index is 10.6. The third kappa shape index (κ3) is 5.59. The van der Waals surface area contributed by atoms with Crippen molar-refractivity contribution in [1.29, 1.82) is 0 Å². The number of rotatable bonds is 9. The first-order valence-corrected chi connectivity index (χ1v) is 8.33. The van der Waals surface area contributed by atoms with Crippen LogP contribution in [-0.2, 0) is 17.6 Å². The number of phenols is 1. The predicted octanol–water partition coefficient (Wildman–Crippen LogP) is 2.40. The van der Waals surface area contributed by atoms with Crippen LogP contribution in [0.1, 0.15) is 29.7 Å². The van der Waals surface area contributed by atoms with Crippen LogP contribution in [0.25, 0.3) is 0 Å². The van der Waals surface area contributed by atoms with E-state index in [-0.39, 0.29) is 18.2 Å². The summed E-state index contributed by atoms with van der Waals surface area (Å²) in [4.78, 5) is 10.6. The van der Waals surface area contributed by atoms with E-state index in [1.807, 2.05) is 24.3 Å². The summed E-state index contributed by atoms with van der Waals surface area (Å²) in [5, 5.41) is 23.4. The Morgan fingerprint density at radius 3 is 2.56 bits per heavy atom. The van der Waals surface area contributed by atoms with Crippen molar-refractivity contribution in [3.05, 3.63) is 59.2 Å². The van der Waals surface area contributed by atoms with Gasteiger partial charge in [-0.25, -0.2) is 0 Å². The van der Waals surface area contributed by atoms with E-state index in [4.69, 9.17) is 4.74 Å². The Labute approximate surface area is 148 Å². The van der Waals surface area contributed by atoms with Gasteiger partial charge in [-0.05, 0) is 48.7 Å². The van der Waals surface area contributed by atoms with Crippen LogP contribution in [0.15, 0.2) is 42.5 Å². The van der Waals surface area contributed by atoms with Crippen molar-refractivity contribution in [2.24, 2.45) is 0 Å². The quantitative estimate of drug-likeness (QED) is 0.609. The normalized spacial score (nSPS) is 13.2. The number of hydrogen-bond donors (Lipinski definition) is 3. The number of carbonyl (C=O) groups excluding carboxylic acids is 1. The first-order valence-electron chi connectivity index (χ1n) is 8.33. The lowest BCUT2D eigenvalue weighted by Crippen LogP contribution is -2.32. The minimum absolute atomic E-state index is 0.0730. The Morgan fingerprint density at radius 2 is 1.92 bits per heavy atom. The molecule has 0 saturated heterocycles. The van der Waals surface area contributed by atoms with Gasteiger partial charge in [0.1, 0.15) is 17.8 Å². The van der Waals surface area contributed by atoms with Gasteiger partial charge in [0.2, 0.25) is 0 Å². The highest BCUT2D eigenvalue weighted by molar-refractivity contribution is 5.57. The molecule has 0 spiro atoms. The number of methoxy groups -OCH3 is 1. The highest BCUT2D eigenvalue weighted by Crippen LogP contribution is 2.22. The van der Waals surface area contributed by atoms with Gasteiger partial charge in [0, 0.05) is 24.6 Å². The third-order valence-corrected chi connectivity index (χ3v) is 4.15. The van der Waals surface area contributed by atoms with Gasteiger partial charge in [-0.2, -0.15) is 0 Å². The number of ether oxygens (including phenoxy) is 1. The fraction of sp³-hybridized carbons (Fsp3) is 0.350. The molecule has 2 atom stereocenters. The molecule has 5 nitrogen and oxygen atoms in total. The molecule has 0 aromatic heterocycles. The smallest absolute Gasteiger partial charge is 0.124 e. The first-order chi connectivity index (χ1) is 12.0. The molecule has 2 unspecified atom stereocenters. The predicted molar refractivity (Wildman–Crippen MR) is 97.0 cm³/mol. The van der Waals surface area contributed by atoms with E-state index in [1.54, 1.807) is 19.2 Å². The van der Waals surface area contributed by atoms with Crippen LogP contribution in [0.3, 0.4) is 0 Å². The van der Waals surface area contributed by atoms with Crippen LogP contribution < -0.4 is 10.1 Å². The molecule has 0 radical (unpaired) electrons. The molecule has 25 heavy (non-hydrogen) atoms. The highest BCUT2D eigenvalue weighted by Gasteiger charge is 2.12. The number of aliphatic hydroxyl groups excluding tert-OH is 1. The number of aliphatic hydroxyl groups is 1. The maximum Gasteiger partial charge on any atom is 0.124 e. The number of phenolic OH excluding ortho intramolecular Hbond substituents is 1. The van der Waals surface area contributed by atoms with Gasteiger partial charge in [0.05, 0.1) is 13.2 Å². The molecule has 3 N–H and O–H groups in total. The third-order valence-electron chi connectivity index (χ3n) is 4.15. The molecule has 0 aliphatic rings. The zero-order valence-electron chi connectivity index (χ0n) is 14.6. The summed E-state index contributed by atoms with van der Waals surface area (Å²) < 4.78 is 5.15. The lowest BCUT2D eigenvalue weighted by Gasteiger charge is -2.18. The van der Waals surface area contributed by atoms with Gasteiger partial charge in [0.15, 0.2) is 0 Å². The Balaban J connectivity index is 1.88. The van der Waals surface area contributed by atoms with Gasteiger partial charge in [0.25, 0.3) is 0 Å². The van der Waals surface area contributed by atoms with Crippen molar-refractivity contribution in [3.63, 3.8) is 0 Å². The summed E-state index contributed by atoms with van der Waals surface area (Å²) in [6.45, 7) is 2.45. The standard InChI is InChI=1S/C20H25NO4/c1-14(11-15-3-6-18(25-2)7-4-15)21-13-20(24)16-5-8-19(23)17(12-16)9-10-22/h3-8,10,12,14,20-21,23-24H,9,11,13H2,1-2H3. The van der Waals surface area contributed by atoms with Gasteiger partial charge >= 0.3 is 0 Å². The van der Waals surface area contributed by atoms with Crippen LogP contribution >= 0.6 is 0 Å². The highest BCUT2D eigenvalue weighted by atomic mass is 16.5. The minimum Gasteiger partial charge on any atom is -0.508 e. The molecular weight excluding hydrogens is 318 g/mol. The molecule has 2 aromatic rings. The molecule has 0 aliphatic heterocycles.